The molecule has 0 aromatic heterocycles. The summed E-state index contributed by atoms with van der Waals surface area (Å²) < 4.78 is 0. The third-order valence-corrected chi connectivity index (χ3v) is 4.87. The Morgan fingerprint density at radius 2 is 1.48 bits per heavy atom. The van der Waals surface area contributed by atoms with E-state index in [-0.39, 0.29) is 17.9 Å². The number of hydrogen-bond donors (Lipinski definition) is 2. The van der Waals surface area contributed by atoms with Crippen molar-refractivity contribution in [1.82, 2.24) is 10.6 Å². The van der Waals surface area contributed by atoms with Gasteiger partial charge in [0.15, 0.2) is 0 Å². The fraction of sp³-hybridized carbons (Fsp3) is 0.167. The third kappa shape index (κ3) is 6.19. The van der Waals surface area contributed by atoms with Crippen LogP contribution in [0.2, 0.25) is 5.02 Å². The molecule has 0 unspecified atom stereocenters. The number of carbonyl (C=O) groups is 2. The van der Waals surface area contributed by atoms with Crippen LogP contribution in [0.3, 0.4) is 0 Å². The first kappa shape index (κ1) is 20.6. The molecule has 0 fully saturated rings. The van der Waals surface area contributed by atoms with Crippen LogP contribution in [-0.4, -0.2) is 11.8 Å². The van der Waals surface area contributed by atoms with Gasteiger partial charge in [0.05, 0.1) is 6.04 Å². The maximum Gasteiger partial charge on any atom is 0.251 e. The van der Waals surface area contributed by atoms with Crippen LogP contribution in [0.1, 0.15) is 40.0 Å². The average molecular weight is 407 g/mol. The Balaban J connectivity index is 1.73. The zero-order chi connectivity index (χ0) is 20.6. The standard InChI is InChI=1S/C24H23ClN2O2/c1-17(28)26-16-19-7-11-21(12-8-19)24(29)27-23(20-5-3-2-4-6-20)15-18-9-13-22(25)14-10-18/h2-14,23H,15-16H2,1H3,(H,26,28)(H,27,29)/t23-/m1/s1. The van der Waals surface area contributed by atoms with Crippen molar-refractivity contribution in [3.63, 3.8) is 0 Å². The Kier molecular flexibility index (Phi) is 7.04. The maximum atomic E-state index is 12.8. The summed E-state index contributed by atoms with van der Waals surface area (Å²) in [5, 5.41) is 6.58. The minimum atomic E-state index is -0.163. The quantitative estimate of drug-likeness (QED) is 0.598. The van der Waals surface area contributed by atoms with E-state index in [1.807, 2.05) is 66.7 Å². The number of amides is 2. The van der Waals surface area contributed by atoms with Crippen molar-refractivity contribution in [2.45, 2.75) is 25.9 Å². The Hall–Kier alpha value is -3.11. The van der Waals surface area contributed by atoms with Crippen LogP contribution in [0.25, 0.3) is 0 Å². The highest BCUT2D eigenvalue weighted by Crippen LogP contribution is 2.20. The van der Waals surface area contributed by atoms with Gasteiger partial charge >= 0.3 is 0 Å². The average Bonchev–Trinajstić information content (AvgIpc) is 2.74. The van der Waals surface area contributed by atoms with E-state index in [1.165, 1.54) is 6.92 Å². The molecule has 5 heteroatoms. The van der Waals surface area contributed by atoms with Crippen molar-refractivity contribution in [3.05, 3.63) is 106 Å². The smallest absolute Gasteiger partial charge is 0.251 e. The highest BCUT2D eigenvalue weighted by Gasteiger charge is 2.16. The molecule has 3 rings (SSSR count). The zero-order valence-electron chi connectivity index (χ0n) is 16.2. The molecule has 4 nitrogen and oxygen atoms in total. The summed E-state index contributed by atoms with van der Waals surface area (Å²) in [5.74, 6) is -0.224. The van der Waals surface area contributed by atoms with Crippen LogP contribution in [0.15, 0.2) is 78.9 Å². The van der Waals surface area contributed by atoms with Gasteiger partial charge in [-0.2, -0.15) is 0 Å². The van der Waals surface area contributed by atoms with Gasteiger partial charge in [0.2, 0.25) is 5.91 Å². The Labute approximate surface area is 175 Å². The fourth-order valence-corrected chi connectivity index (χ4v) is 3.16. The van der Waals surface area contributed by atoms with Crippen molar-refractivity contribution in [2.75, 3.05) is 0 Å². The highest BCUT2D eigenvalue weighted by atomic mass is 35.5. The highest BCUT2D eigenvalue weighted by molar-refractivity contribution is 6.30. The minimum absolute atomic E-state index is 0.0836. The molecule has 0 saturated carbocycles. The number of carbonyl (C=O) groups excluding carboxylic acids is 2. The molecule has 2 amide bonds. The van der Waals surface area contributed by atoms with E-state index >= 15 is 0 Å². The van der Waals surface area contributed by atoms with Crippen LogP contribution >= 0.6 is 11.6 Å². The van der Waals surface area contributed by atoms with Crippen molar-refractivity contribution >= 4 is 23.4 Å². The summed E-state index contributed by atoms with van der Waals surface area (Å²) in [6.45, 7) is 1.92. The van der Waals surface area contributed by atoms with E-state index in [2.05, 4.69) is 10.6 Å². The molecule has 0 bridgehead atoms. The summed E-state index contributed by atoms with van der Waals surface area (Å²) >= 11 is 5.99. The van der Waals surface area contributed by atoms with Gasteiger partial charge in [0.25, 0.3) is 5.91 Å². The molecule has 0 aliphatic carbocycles. The van der Waals surface area contributed by atoms with Gasteiger partial charge < -0.3 is 10.6 Å². The van der Waals surface area contributed by atoms with Gasteiger partial charge in [-0.1, -0.05) is 66.2 Å². The van der Waals surface area contributed by atoms with Crippen molar-refractivity contribution < 1.29 is 9.59 Å². The van der Waals surface area contributed by atoms with E-state index in [0.29, 0.717) is 23.6 Å². The van der Waals surface area contributed by atoms with Gasteiger partial charge in [-0.15, -0.1) is 0 Å². The van der Waals surface area contributed by atoms with Crippen molar-refractivity contribution in [1.29, 1.82) is 0 Å². The van der Waals surface area contributed by atoms with Crippen molar-refractivity contribution in [2.24, 2.45) is 0 Å². The van der Waals surface area contributed by atoms with E-state index in [4.69, 9.17) is 11.6 Å². The number of halogens is 1. The van der Waals surface area contributed by atoms with E-state index in [1.54, 1.807) is 12.1 Å². The molecule has 1 atom stereocenters. The third-order valence-electron chi connectivity index (χ3n) is 4.62. The lowest BCUT2D eigenvalue weighted by Gasteiger charge is -2.20. The lowest BCUT2D eigenvalue weighted by atomic mass is 9.98. The molecule has 3 aromatic rings. The molecule has 0 spiro atoms. The number of nitrogens with one attached hydrogen (secondary N) is 2. The topological polar surface area (TPSA) is 58.2 Å². The molecule has 2 N–H and O–H groups in total. The van der Waals surface area contributed by atoms with Gasteiger partial charge in [-0.25, -0.2) is 0 Å². The predicted molar refractivity (Wildman–Crippen MR) is 116 cm³/mol. The second-order valence-electron chi connectivity index (χ2n) is 6.87. The largest absolute Gasteiger partial charge is 0.352 e. The van der Waals surface area contributed by atoms with Crippen LogP contribution in [0.4, 0.5) is 0 Å². The lowest BCUT2D eigenvalue weighted by Crippen LogP contribution is -2.30. The number of hydrogen-bond acceptors (Lipinski definition) is 2. The van der Waals surface area contributed by atoms with Crippen LogP contribution in [0.5, 0.6) is 0 Å². The Bertz CT molecular complexity index is 954. The van der Waals surface area contributed by atoms with Crippen LogP contribution in [0, 0.1) is 0 Å². The summed E-state index contributed by atoms with van der Waals surface area (Å²) in [5.41, 5.74) is 3.65. The zero-order valence-corrected chi connectivity index (χ0v) is 16.9. The van der Waals surface area contributed by atoms with Gasteiger partial charge in [-0.05, 0) is 47.4 Å². The molecular formula is C24H23ClN2O2. The SMILES string of the molecule is CC(=O)NCc1ccc(C(=O)N[C@H](Cc2ccc(Cl)cc2)c2ccccc2)cc1. The first-order chi connectivity index (χ1) is 14.0. The second kappa shape index (κ2) is 9.89. The fourth-order valence-electron chi connectivity index (χ4n) is 3.04. The Morgan fingerprint density at radius 3 is 2.10 bits per heavy atom. The van der Waals surface area contributed by atoms with Crippen LogP contribution < -0.4 is 10.6 Å². The summed E-state index contributed by atoms with van der Waals surface area (Å²) in [6.07, 6.45) is 0.660. The first-order valence-corrected chi connectivity index (χ1v) is 9.82. The number of rotatable bonds is 7. The Morgan fingerprint density at radius 1 is 0.862 bits per heavy atom. The normalized spacial score (nSPS) is 11.5. The number of benzene rings is 3. The monoisotopic (exact) mass is 406 g/mol. The second-order valence-corrected chi connectivity index (χ2v) is 7.31. The molecule has 0 aliphatic heterocycles. The molecule has 3 aromatic carbocycles. The lowest BCUT2D eigenvalue weighted by molar-refractivity contribution is -0.119. The summed E-state index contributed by atoms with van der Waals surface area (Å²) in [4.78, 5) is 23.9. The molecular weight excluding hydrogens is 384 g/mol. The molecule has 29 heavy (non-hydrogen) atoms. The minimum Gasteiger partial charge on any atom is -0.352 e. The van der Waals surface area contributed by atoms with Gasteiger partial charge in [0.1, 0.15) is 0 Å². The molecule has 0 heterocycles. The van der Waals surface area contributed by atoms with Gasteiger partial charge in [0, 0.05) is 24.1 Å². The summed E-state index contributed by atoms with van der Waals surface area (Å²) in [6, 6.07) is 24.7. The summed E-state index contributed by atoms with van der Waals surface area (Å²) in [7, 11) is 0. The molecule has 148 valence electrons. The van der Waals surface area contributed by atoms with Crippen LogP contribution in [-0.2, 0) is 17.8 Å². The first-order valence-electron chi connectivity index (χ1n) is 9.45. The van der Waals surface area contributed by atoms with Gasteiger partial charge in [-0.3, -0.25) is 9.59 Å². The van der Waals surface area contributed by atoms with E-state index in [0.717, 1.165) is 16.7 Å². The maximum absolute atomic E-state index is 12.8. The molecule has 0 saturated heterocycles. The molecule has 0 radical (unpaired) electrons. The van der Waals surface area contributed by atoms with E-state index < -0.39 is 0 Å². The molecule has 0 aliphatic rings. The van der Waals surface area contributed by atoms with Crippen molar-refractivity contribution in [3.8, 4) is 0 Å². The van der Waals surface area contributed by atoms with E-state index in [9.17, 15) is 9.59 Å². The predicted octanol–water partition coefficient (Wildman–Crippen LogP) is 4.69.